The van der Waals surface area contributed by atoms with E-state index in [1.807, 2.05) is 6.92 Å². The van der Waals surface area contributed by atoms with Gasteiger partial charge in [0.15, 0.2) is 3.91 Å². The van der Waals surface area contributed by atoms with E-state index in [9.17, 15) is 8.78 Å². The number of alkyl halides is 4. The van der Waals surface area contributed by atoms with Crippen LogP contribution in [-0.4, -0.2) is 66.4 Å². The Bertz CT molecular complexity index is 298. The molecule has 0 N–H and O–H groups in total. The molecule has 0 saturated carbocycles. The molecule has 0 aromatic heterocycles. The van der Waals surface area contributed by atoms with Crippen LogP contribution in [0.1, 0.15) is 13.3 Å². The maximum Gasteiger partial charge on any atom is 0.372 e. The Hall–Kier alpha value is 0.470. The number of hydrogen-bond donors (Lipinski definition) is 0. The fourth-order valence-electron chi connectivity index (χ4n) is 2.30. The summed E-state index contributed by atoms with van der Waals surface area (Å²) in [4.78, 5) is 2.00. The summed E-state index contributed by atoms with van der Waals surface area (Å²) in [6.45, 7) is 2.40. The molecule has 0 bridgehead atoms. The minimum Gasteiger partial charge on any atom is -0.383 e. The van der Waals surface area contributed by atoms with Crippen molar-refractivity contribution >= 4 is 27.5 Å². The van der Waals surface area contributed by atoms with Crippen LogP contribution < -0.4 is 0 Å². The highest BCUT2D eigenvalue weighted by Gasteiger charge is 2.64. The van der Waals surface area contributed by atoms with Crippen molar-refractivity contribution in [2.75, 3.05) is 40.5 Å². The lowest BCUT2D eigenvalue weighted by molar-refractivity contribution is -0.221. The maximum atomic E-state index is 14.5. The number of halogens is 4. The van der Waals surface area contributed by atoms with Crippen molar-refractivity contribution in [3.8, 4) is 0 Å². The van der Waals surface area contributed by atoms with Crippen LogP contribution in [0.5, 0.6) is 0 Å². The van der Waals surface area contributed by atoms with Gasteiger partial charge in [0.25, 0.3) is 0 Å². The largest absolute Gasteiger partial charge is 0.383 e. The Kier molecular flexibility index (Phi) is 6.41. The van der Waals surface area contributed by atoms with Gasteiger partial charge in [-0.15, -0.1) is 0 Å². The van der Waals surface area contributed by atoms with Crippen molar-refractivity contribution in [3.05, 3.63) is 0 Å². The van der Waals surface area contributed by atoms with Crippen LogP contribution in [0.2, 0.25) is 0 Å². The normalized spacial score (nSPS) is 32.1. The molecule has 1 fully saturated rings. The van der Waals surface area contributed by atoms with Crippen LogP contribution in [0, 0.1) is 0 Å². The minimum absolute atomic E-state index is 0.0399. The van der Waals surface area contributed by atoms with Gasteiger partial charge in [0, 0.05) is 27.3 Å². The lowest BCUT2D eigenvalue weighted by Gasteiger charge is -2.31. The SMILES string of the molecule is CCC1N(CCOC)C(F)(F)N(CCOC)C1(Cl)Br. The van der Waals surface area contributed by atoms with Crippen LogP contribution in [0.4, 0.5) is 8.78 Å². The van der Waals surface area contributed by atoms with Crippen molar-refractivity contribution in [3.63, 3.8) is 0 Å². The second-order valence-electron chi connectivity index (χ2n) is 4.35. The molecule has 0 aromatic rings. The van der Waals surface area contributed by atoms with Crippen LogP contribution in [-0.2, 0) is 9.47 Å². The van der Waals surface area contributed by atoms with E-state index in [1.165, 1.54) is 14.2 Å². The minimum atomic E-state index is -3.14. The monoisotopic (exact) mass is 364 g/mol. The smallest absolute Gasteiger partial charge is 0.372 e. The zero-order valence-electron chi connectivity index (χ0n) is 11.3. The number of methoxy groups -OCH3 is 2. The van der Waals surface area contributed by atoms with E-state index in [0.717, 1.165) is 9.80 Å². The van der Waals surface area contributed by atoms with Crippen LogP contribution in [0.25, 0.3) is 0 Å². The average Bonchev–Trinajstić information content (AvgIpc) is 2.47. The molecule has 1 aliphatic heterocycles. The molecular formula is C11H20BrClF2N2O2. The Balaban J connectivity index is 2.98. The Morgan fingerprint density at radius 3 is 2.21 bits per heavy atom. The van der Waals surface area contributed by atoms with Crippen molar-refractivity contribution in [1.29, 1.82) is 0 Å². The van der Waals surface area contributed by atoms with Crippen molar-refractivity contribution in [2.45, 2.75) is 29.5 Å². The quantitative estimate of drug-likeness (QED) is 0.511. The number of nitrogens with zero attached hydrogens (tertiary/aromatic N) is 2. The lowest BCUT2D eigenvalue weighted by atomic mass is 10.2. The van der Waals surface area contributed by atoms with Crippen LogP contribution >= 0.6 is 27.5 Å². The summed E-state index contributed by atoms with van der Waals surface area (Å²) in [5.41, 5.74) is 0. The van der Waals surface area contributed by atoms with Gasteiger partial charge >= 0.3 is 6.17 Å². The highest BCUT2D eigenvalue weighted by Crippen LogP contribution is 2.50. The molecule has 114 valence electrons. The van der Waals surface area contributed by atoms with Crippen molar-refractivity contribution in [2.24, 2.45) is 0 Å². The molecule has 19 heavy (non-hydrogen) atoms. The topological polar surface area (TPSA) is 24.9 Å². The third-order valence-electron chi connectivity index (χ3n) is 3.25. The lowest BCUT2D eigenvalue weighted by Crippen LogP contribution is -2.50. The molecular weight excluding hydrogens is 345 g/mol. The maximum absolute atomic E-state index is 14.5. The predicted octanol–water partition coefficient (Wildman–Crippen LogP) is 2.51. The van der Waals surface area contributed by atoms with E-state index in [2.05, 4.69) is 15.9 Å². The zero-order valence-corrected chi connectivity index (χ0v) is 13.7. The van der Waals surface area contributed by atoms with Gasteiger partial charge in [0.05, 0.1) is 19.3 Å². The number of rotatable bonds is 7. The third kappa shape index (κ3) is 3.39. The molecule has 0 aromatic carbocycles. The molecule has 2 atom stereocenters. The first-order valence-electron chi connectivity index (χ1n) is 6.12. The van der Waals surface area contributed by atoms with Crippen molar-refractivity contribution in [1.82, 2.24) is 9.80 Å². The van der Waals surface area contributed by atoms with Gasteiger partial charge in [-0.25, -0.2) is 4.90 Å². The van der Waals surface area contributed by atoms with Gasteiger partial charge in [0.2, 0.25) is 0 Å². The molecule has 1 saturated heterocycles. The molecule has 1 rings (SSSR count). The van der Waals surface area contributed by atoms with E-state index in [0.29, 0.717) is 6.42 Å². The third-order valence-corrected chi connectivity index (χ3v) is 4.66. The second-order valence-corrected chi connectivity index (χ2v) is 6.59. The molecule has 8 heteroatoms. The summed E-state index contributed by atoms with van der Waals surface area (Å²) in [5.74, 6) is 0. The Labute approximate surface area is 126 Å². The van der Waals surface area contributed by atoms with E-state index >= 15 is 0 Å². The van der Waals surface area contributed by atoms with Gasteiger partial charge in [-0.05, 0) is 22.4 Å². The summed E-state index contributed by atoms with van der Waals surface area (Å²) in [7, 11) is 2.96. The second kappa shape index (κ2) is 6.95. The molecule has 0 aliphatic carbocycles. The van der Waals surface area contributed by atoms with Crippen LogP contribution in [0.3, 0.4) is 0 Å². The fraction of sp³-hybridized carbons (Fsp3) is 1.00. The van der Waals surface area contributed by atoms with Crippen molar-refractivity contribution < 1.29 is 18.3 Å². The van der Waals surface area contributed by atoms with E-state index < -0.39 is 16.1 Å². The predicted molar refractivity (Wildman–Crippen MR) is 73.7 cm³/mol. The summed E-state index contributed by atoms with van der Waals surface area (Å²) in [6.07, 6.45) is -2.64. The molecule has 1 aliphatic rings. The molecule has 0 radical (unpaired) electrons. The highest BCUT2D eigenvalue weighted by atomic mass is 79.9. The molecule has 1 heterocycles. The van der Waals surface area contributed by atoms with E-state index in [4.69, 9.17) is 21.1 Å². The van der Waals surface area contributed by atoms with Gasteiger partial charge < -0.3 is 9.47 Å². The van der Waals surface area contributed by atoms with Gasteiger partial charge in [-0.3, -0.25) is 0 Å². The average molecular weight is 366 g/mol. The van der Waals surface area contributed by atoms with E-state index in [-0.39, 0.29) is 26.3 Å². The number of ether oxygens (including phenoxy) is 2. The zero-order chi connectivity index (χ0) is 14.7. The summed E-state index contributed by atoms with van der Waals surface area (Å²) in [6, 6.07) is -0.517. The Morgan fingerprint density at radius 1 is 1.21 bits per heavy atom. The molecule has 0 amide bonds. The first-order valence-corrected chi connectivity index (χ1v) is 7.29. The van der Waals surface area contributed by atoms with Gasteiger partial charge in [-0.2, -0.15) is 13.7 Å². The molecule has 4 nitrogen and oxygen atoms in total. The van der Waals surface area contributed by atoms with E-state index in [1.54, 1.807) is 0 Å². The van der Waals surface area contributed by atoms with Crippen LogP contribution in [0.15, 0.2) is 0 Å². The molecule has 2 unspecified atom stereocenters. The number of hydrogen-bond acceptors (Lipinski definition) is 4. The summed E-state index contributed by atoms with van der Waals surface area (Å²) >= 11 is 9.57. The Morgan fingerprint density at radius 2 is 1.74 bits per heavy atom. The standard InChI is InChI=1S/C11H20BrClF2N2O2/c1-4-9-10(12,13)17(6-8-19-3)11(14,15)16(9)5-7-18-2/h9H,4-8H2,1-3H3. The molecule has 0 spiro atoms. The fourth-order valence-corrected chi connectivity index (χ4v) is 3.72. The van der Waals surface area contributed by atoms with Gasteiger partial charge in [0.1, 0.15) is 0 Å². The van der Waals surface area contributed by atoms with Gasteiger partial charge in [-0.1, -0.05) is 18.5 Å². The summed E-state index contributed by atoms with van der Waals surface area (Å²) in [5, 5.41) is 0. The first-order chi connectivity index (χ1) is 8.83. The summed E-state index contributed by atoms with van der Waals surface area (Å²) < 4.78 is 37.4. The highest BCUT2D eigenvalue weighted by molar-refractivity contribution is 9.10. The first kappa shape index (κ1) is 17.5.